The molecule has 1 aliphatic heterocycles. The molecule has 0 bridgehead atoms. The highest BCUT2D eigenvalue weighted by atomic mass is 16.5. The molecule has 3 amide bonds. The number of methoxy groups -OCH3 is 1. The molecule has 0 aromatic heterocycles. The van der Waals surface area contributed by atoms with E-state index >= 15 is 0 Å². The number of imide groups is 1. The summed E-state index contributed by atoms with van der Waals surface area (Å²) in [5.74, 6) is -0.0737. The molecule has 0 aliphatic carbocycles. The standard InChI is InChI=1S/C23H26N2O4/c1-4-17-5-9-19(10-6-17)25-22(27)15-21(23(25)28)24(16(2)26)14-13-18-7-11-20(29-3)12-8-18/h5-12,21H,4,13-15H2,1-3H3. The lowest BCUT2D eigenvalue weighted by Crippen LogP contribution is -2.45. The zero-order chi connectivity index (χ0) is 21.0. The largest absolute Gasteiger partial charge is 0.497 e. The summed E-state index contributed by atoms with van der Waals surface area (Å²) in [5, 5.41) is 0. The highest BCUT2D eigenvalue weighted by Gasteiger charge is 2.43. The number of hydrogen-bond acceptors (Lipinski definition) is 4. The van der Waals surface area contributed by atoms with E-state index in [-0.39, 0.29) is 24.1 Å². The summed E-state index contributed by atoms with van der Waals surface area (Å²) >= 11 is 0. The van der Waals surface area contributed by atoms with E-state index in [9.17, 15) is 14.4 Å². The maximum absolute atomic E-state index is 13.0. The third kappa shape index (κ3) is 4.47. The molecule has 152 valence electrons. The Morgan fingerprint density at radius 2 is 1.69 bits per heavy atom. The van der Waals surface area contributed by atoms with Crippen molar-refractivity contribution in [3.8, 4) is 5.75 Å². The zero-order valence-electron chi connectivity index (χ0n) is 17.1. The minimum absolute atomic E-state index is 0.0105. The summed E-state index contributed by atoms with van der Waals surface area (Å²) in [6, 6.07) is 14.2. The number of carbonyl (C=O) groups excluding carboxylic acids is 3. The Morgan fingerprint density at radius 1 is 1.07 bits per heavy atom. The molecule has 1 unspecified atom stereocenters. The lowest BCUT2D eigenvalue weighted by atomic mass is 10.1. The van der Waals surface area contributed by atoms with Gasteiger partial charge >= 0.3 is 0 Å². The molecule has 1 fully saturated rings. The Kier molecular flexibility index (Phi) is 6.32. The molecular formula is C23H26N2O4. The number of ether oxygens (including phenoxy) is 1. The van der Waals surface area contributed by atoms with Gasteiger partial charge in [0.25, 0.3) is 5.91 Å². The molecule has 0 radical (unpaired) electrons. The number of benzene rings is 2. The Hall–Kier alpha value is -3.15. The van der Waals surface area contributed by atoms with E-state index in [4.69, 9.17) is 4.74 Å². The van der Waals surface area contributed by atoms with Crippen molar-refractivity contribution in [3.63, 3.8) is 0 Å². The maximum Gasteiger partial charge on any atom is 0.257 e. The van der Waals surface area contributed by atoms with Crippen LogP contribution >= 0.6 is 0 Å². The first-order valence-corrected chi connectivity index (χ1v) is 9.80. The van der Waals surface area contributed by atoms with Gasteiger partial charge in [-0.3, -0.25) is 14.4 Å². The number of amides is 3. The fraction of sp³-hybridized carbons (Fsp3) is 0.348. The van der Waals surface area contributed by atoms with Gasteiger partial charge in [-0.1, -0.05) is 31.2 Å². The van der Waals surface area contributed by atoms with E-state index in [1.165, 1.54) is 16.7 Å². The Morgan fingerprint density at radius 3 is 2.24 bits per heavy atom. The van der Waals surface area contributed by atoms with Gasteiger partial charge in [0.1, 0.15) is 11.8 Å². The van der Waals surface area contributed by atoms with Crippen molar-refractivity contribution >= 4 is 23.4 Å². The second kappa shape index (κ2) is 8.90. The number of hydrogen-bond donors (Lipinski definition) is 0. The average molecular weight is 394 g/mol. The predicted octanol–water partition coefficient (Wildman–Crippen LogP) is 2.98. The summed E-state index contributed by atoms with van der Waals surface area (Å²) in [6.45, 7) is 3.85. The predicted molar refractivity (Wildman–Crippen MR) is 111 cm³/mol. The summed E-state index contributed by atoms with van der Waals surface area (Å²) in [7, 11) is 1.61. The van der Waals surface area contributed by atoms with Crippen LogP contribution in [0.2, 0.25) is 0 Å². The van der Waals surface area contributed by atoms with Crippen LogP contribution in [0.15, 0.2) is 48.5 Å². The first-order valence-electron chi connectivity index (χ1n) is 9.80. The third-order valence-electron chi connectivity index (χ3n) is 5.31. The van der Waals surface area contributed by atoms with Gasteiger partial charge in [-0.05, 0) is 48.2 Å². The van der Waals surface area contributed by atoms with Gasteiger partial charge in [0.15, 0.2) is 0 Å². The molecule has 2 aromatic carbocycles. The topological polar surface area (TPSA) is 66.9 Å². The average Bonchev–Trinajstić information content (AvgIpc) is 3.02. The quantitative estimate of drug-likeness (QED) is 0.677. The van der Waals surface area contributed by atoms with Gasteiger partial charge in [-0.25, -0.2) is 4.90 Å². The summed E-state index contributed by atoms with van der Waals surface area (Å²) in [5.41, 5.74) is 2.72. The number of rotatable bonds is 7. The van der Waals surface area contributed by atoms with Gasteiger partial charge in [-0.15, -0.1) is 0 Å². The van der Waals surface area contributed by atoms with Crippen LogP contribution in [-0.2, 0) is 27.2 Å². The Bertz CT molecular complexity index is 890. The maximum atomic E-state index is 13.0. The molecule has 0 saturated carbocycles. The fourth-order valence-corrected chi connectivity index (χ4v) is 3.59. The molecule has 2 aromatic rings. The number of nitrogens with zero attached hydrogens (tertiary/aromatic N) is 2. The van der Waals surface area contributed by atoms with Crippen molar-refractivity contribution in [2.24, 2.45) is 0 Å². The van der Waals surface area contributed by atoms with Crippen LogP contribution in [-0.4, -0.2) is 42.3 Å². The molecule has 0 N–H and O–H groups in total. The van der Waals surface area contributed by atoms with Crippen molar-refractivity contribution in [2.45, 2.75) is 39.2 Å². The minimum atomic E-state index is -0.760. The molecule has 3 rings (SSSR count). The van der Waals surface area contributed by atoms with Crippen molar-refractivity contribution in [1.82, 2.24) is 4.90 Å². The van der Waals surface area contributed by atoms with E-state index in [0.717, 1.165) is 23.3 Å². The van der Waals surface area contributed by atoms with Crippen LogP contribution in [0, 0.1) is 0 Å². The molecule has 1 saturated heterocycles. The minimum Gasteiger partial charge on any atom is -0.497 e. The van der Waals surface area contributed by atoms with Crippen LogP contribution in [0.4, 0.5) is 5.69 Å². The highest BCUT2D eigenvalue weighted by Crippen LogP contribution is 2.26. The van der Waals surface area contributed by atoms with Gasteiger partial charge < -0.3 is 9.64 Å². The van der Waals surface area contributed by atoms with Gasteiger partial charge in [0.05, 0.1) is 19.2 Å². The Labute approximate surface area is 171 Å². The number of anilines is 1. The Balaban J connectivity index is 1.74. The second-order valence-electron chi connectivity index (χ2n) is 7.12. The van der Waals surface area contributed by atoms with E-state index in [2.05, 4.69) is 0 Å². The molecule has 1 heterocycles. The third-order valence-corrected chi connectivity index (χ3v) is 5.31. The van der Waals surface area contributed by atoms with Crippen LogP contribution in [0.3, 0.4) is 0 Å². The monoisotopic (exact) mass is 394 g/mol. The SMILES string of the molecule is CCc1ccc(N2C(=O)CC(N(CCc3ccc(OC)cc3)C(C)=O)C2=O)cc1. The second-order valence-corrected chi connectivity index (χ2v) is 7.12. The normalized spacial score (nSPS) is 16.2. The van der Waals surface area contributed by atoms with Gasteiger partial charge in [-0.2, -0.15) is 0 Å². The highest BCUT2D eigenvalue weighted by molar-refractivity contribution is 6.23. The molecule has 6 heteroatoms. The molecule has 29 heavy (non-hydrogen) atoms. The first kappa shape index (κ1) is 20.6. The van der Waals surface area contributed by atoms with Crippen molar-refractivity contribution in [3.05, 3.63) is 59.7 Å². The van der Waals surface area contributed by atoms with Crippen molar-refractivity contribution < 1.29 is 19.1 Å². The summed E-state index contributed by atoms with van der Waals surface area (Å²) in [6.07, 6.45) is 1.48. The first-order chi connectivity index (χ1) is 13.9. The van der Waals surface area contributed by atoms with Crippen molar-refractivity contribution in [2.75, 3.05) is 18.6 Å². The van der Waals surface area contributed by atoms with E-state index < -0.39 is 6.04 Å². The van der Waals surface area contributed by atoms with Gasteiger partial charge in [0, 0.05) is 13.5 Å². The summed E-state index contributed by atoms with van der Waals surface area (Å²) in [4.78, 5) is 40.5. The molecule has 6 nitrogen and oxygen atoms in total. The zero-order valence-corrected chi connectivity index (χ0v) is 17.1. The fourth-order valence-electron chi connectivity index (χ4n) is 3.59. The molecular weight excluding hydrogens is 368 g/mol. The smallest absolute Gasteiger partial charge is 0.257 e. The van der Waals surface area contributed by atoms with E-state index in [1.807, 2.05) is 43.3 Å². The van der Waals surface area contributed by atoms with Gasteiger partial charge in [0.2, 0.25) is 11.8 Å². The van der Waals surface area contributed by atoms with Crippen LogP contribution in [0.5, 0.6) is 5.75 Å². The van der Waals surface area contributed by atoms with E-state index in [1.54, 1.807) is 19.2 Å². The van der Waals surface area contributed by atoms with Crippen LogP contribution in [0.25, 0.3) is 0 Å². The molecule has 1 atom stereocenters. The summed E-state index contributed by atoms with van der Waals surface area (Å²) < 4.78 is 5.16. The van der Waals surface area contributed by atoms with E-state index in [0.29, 0.717) is 18.7 Å². The van der Waals surface area contributed by atoms with Crippen LogP contribution < -0.4 is 9.64 Å². The van der Waals surface area contributed by atoms with Crippen LogP contribution in [0.1, 0.15) is 31.4 Å². The number of aryl methyl sites for hydroxylation is 1. The van der Waals surface area contributed by atoms with Crippen molar-refractivity contribution in [1.29, 1.82) is 0 Å². The molecule has 1 aliphatic rings. The molecule has 0 spiro atoms. The number of carbonyl (C=O) groups is 3. The lowest BCUT2D eigenvalue weighted by molar-refractivity contribution is -0.136. The lowest BCUT2D eigenvalue weighted by Gasteiger charge is -2.26.